The standard InChI is InChI=1S/C16H25N3O2/c1-4-16(5-2)10-13(8-9-21-16)19-15(20)12-6-7-14(17-3)18-11-12/h6-7,11,13H,4-5,8-10H2,1-3H3,(H,17,18)(H,19,20). The van der Waals surface area contributed by atoms with Crippen LogP contribution in [-0.2, 0) is 4.74 Å². The monoisotopic (exact) mass is 291 g/mol. The first-order chi connectivity index (χ1) is 10.1. The highest BCUT2D eigenvalue weighted by Crippen LogP contribution is 2.31. The van der Waals surface area contributed by atoms with Gasteiger partial charge in [0.05, 0.1) is 11.2 Å². The quantitative estimate of drug-likeness (QED) is 0.875. The number of carbonyl (C=O) groups is 1. The van der Waals surface area contributed by atoms with E-state index in [0.29, 0.717) is 12.2 Å². The van der Waals surface area contributed by atoms with Crippen molar-refractivity contribution in [2.24, 2.45) is 0 Å². The van der Waals surface area contributed by atoms with Crippen LogP contribution in [-0.4, -0.2) is 36.2 Å². The first kappa shape index (κ1) is 15.8. The molecule has 0 aliphatic carbocycles. The first-order valence-corrected chi connectivity index (χ1v) is 7.71. The number of rotatable bonds is 5. The van der Waals surface area contributed by atoms with Crippen molar-refractivity contribution in [2.45, 2.75) is 51.2 Å². The average Bonchev–Trinajstić information content (AvgIpc) is 2.55. The molecular weight excluding hydrogens is 266 g/mol. The van der Waals surface area contributed by atoms with E-state index in [2.05, 4.69) is 29.5 Å². The third-order valence-corrected chi connectivity index (χ3v) is 4.40. The molecule has 0 radical (unpaired) electrons. The molecule has 1 aromatic heterocycles. The van der Waals surface area contributed by atoms with E-state index in [1.807, 2.05) is 0 Å². The maximum Gasteiger partial charge on any atom is 0.253 e. The zero-order chi connectivity index (χ0) is 15.3. The van der Waals surface area contributed by atoms with Gasteiger partial charge in [0.15, 0.2) is 0 Å². The van der Waals surface area contributed by atoms with Crippen LogP contribution in [0.3, 0.4) is 0 Å². The van der Waals surface area contributed by atoms with Crippen LogP contribution in [0.2, 0.25) is 0 Å². The lowest BCUT2D eigenvalue weighted by Gasteiger charge is -2.40. The van der Waals surface area contributed by atoms with Gasteiger partial charge in [-0.2, -0.15) is 0 Å². The number of hydrogen-bond donors (Lipinski definition) is 2. The number of anilines is 1. The number of nitrogens with one attached hydrogen (secondary N) is 2. The van der Waals surface area contributed by atoms with Crippen molar-refractivity contribution in [3.63, 3.8) is 0 Å². The Hall–Kier alpha value is -1.62. The minimum atomic E-state index is -0.0789. The summed E-state index contributed by atoms with van der Waals surface area (Å²) in [5.41, 5.74) is 0.517. The molecule has 5 heteroatoms. The van der Waals surface area contributed by atoms with Gasteiger partial charge >= 0.3 is 0 Å². The Morgan fingerprint density at radius 2 is 2.19 bits per heavy atom. The molecule has 1 unspecified atom stereocenters. The first-order valence-electron chi connectivity index (χ1n) is 7.71. The van der Waals surface area contributed by atoms with E-state index in [1.165, 1.54) is 0 Å². The molecule has 21 heavy (non-hydrogen) atoms. The Balaban J connectivity index is 1.98. The Kier molecular flexibility index (Phi) is 5.17. The van der Waals surface area contributed by atoms with Crippen LogP contribution in [0.15, 0.2) is 18.3 Å². The summed E-state index contributed by atoms with van der Waals surface area (Å²) in [5, 5.41) is 6.06. The molecule has 5 nitrogen and oxygen atoms in total. The molecule has 116 valence electrons. The molecule has 1 aliphatic rings. The van der Waals surface area contributed by atoms with Crippen molar-refractivity contribution < 1.29 is 9.53 Å². The van der Waals surface area contributed by atoms with Gasteiger partial charge in [0.2, 0.25) is 0 Å². The summed E-state index contributed by atoms with van der Waals surface area (Å²) < 4.78 is 5.94. The highest BCUT2D eigenvalue weighted by atomic mass is 16.5. The maximum atomic E-state index is 12.3. The van der Waals surface area contributed by atoms with Gasteiger partial charge in [-0.3, -0.25) is 4.79 Å². The lowest BCUT2D eigenvalue weighted by atomic mass is 9.86. The van der Waals surface area contributed by atoms with Crippen LogP contribution in [0.1, 0.15) is 49.9 Å². The molecule has 1 saturated heterocycles. The lowest BCUT2D eigenvalue weighted by molar-refractivity contribution is -0.0917. The van der Waals surface area contributed by atoms with Crippen molar-refractivity contribution in [1.29, 1.82) is 0 Å². The smallest absolute Gasteiger partial charge is 0.253 e. The molecule has 0 aromatic carbocycles. The second-order valence-corrected chi connectivity index (χ2v) is 5.58. The Labute approximate surface area is 126 Å². The Morgan fingerprint density at radius 1 is 1.43 bits per heavy atom. The largest absolute Gasteiger partial charge is 0.375 e. The average molecular weight is 291 g/mol. The second-order valence-electron chi connectivity index (χ2n) is 5.58. The normalized spacial score (nSPS) is 20.8. The number of ether oxygens (including phenoxy) is 1. The topological polar surface area (TPSA) is 63.2 Å². The van der Waals surface area contributed by atoms with Gasteiger partial charge in [-0.15, -0.1) is 0 Å². The van der Waals surface area contributed by atoms with Crippen molar-refractivity contribution in [2.75, 3.05) is 19.0 Å². The summed E-state index contributed by atoms with van der Waals surface area (Å²) in [6.45, 7) is 5.01. The van der Waals surface area contributed by atoms with Gasteiger partial charge < -0.3 is 15.4 Å². The number of hydrogen-bond acceptors (Lipinski definition) is 4. The molecule has 2 rings (SSSR count). The van der Waals surface area contributed by atoms with E-state index >= 15 is 0 Å². The van der Waals surface area contributed by atoms with Gasteiger partial charge in [-0.1, -0.05) is 13.8 Å². The predicted molar refractivity (Wildman–Crippen MR) is 83.5 cm³/mol. The van der Waals surface area contributed by atoms with Crippen LogP contribution >= 0.6 is 0 Å². The van der Waals surface area contributed by atoms with E-state index in [9.17, 15) is 4.79 Å². The van der Waals surface area contributed by atoms with Gasteiger partial charge in [-0.05, 0) is 37.8 Å². The minimum absolute atomic E-state index is 0.0573. The minimum Gasteiger partial charge on any atom is -0.375 e. The van der Waals surface area contributed by atoms with Crippen molar-refractivity contribution in [1.82, 2.24) is 10.3 Å². The Morgan fingerprint density at radius 3 is 2.76 bits per heavy atom. The van der Waals surface area contributed by atoms with Crippen molar-refractivity contribution in [3.05, 3.63) is 23.9 Å². The molecule has 1 atom stereocenters. The van der Waals surface area contributed by atoms with Crippen LogP contribution in [0.5, 0.6) is 0 Å². The van der Waals surface area contributed by atoms with Crippen molar-refractivity contribution in [3.8, 4) is 0 Å². The fraction of sp³-hybridized carbons (Fsp3) is 0.625. The molecule has 1 aliphatic heterocycles. The van der Waals surface area contributed by atoms with E-state index in [1.54, 1.807) is 25.4 Å². The van der Waals surface area contributed by atoms with Gasteiger partial charge in [0.1, 0.15) is 5.82 Å². The summed E-state index contributed by atoms with van der Waals surface area (Å²) in [4.78, 5) is 16.5. The molecule has 0 bridgehead atoms. The van der Waals surface area contributed by atoms with Crippen LogP contribution < -0.4 is 10.6 Å². The van der Waals surface area contributed by atoms with Crippen LogP contribution in [0.4, 0.5) is 5.82 Å². The van der Waals surface area contributed by atoms with E-state index in [-0.39, 0.29) is 17.6 Å². The number of amides is 1. The molecule has 1 aromatic rings. The zero-order valence-electron chi connectivity index (χ0n) is 13.1. The van der Waals surface area contributed by atoms with Crippen molar-refractivity contribution >= 4 is 11.7 Å². The Bertz CT molecular complexity index is 469. The number of nitrogens with zero attached hydrogens (tertiary/aromatic N) is 1. The van der Waals surface area contributed by atoms with Gasteiger partial charge in [0, 0.05) is 25.9 Å². The summed E-state index contributed by atoms with van der Waals surface area (Å²) in [6.07, 6.45) is 5.32. The third-order valence-electron chi connectivity index (χ3n) is 4.40. The summed E-state index contributed by atoms with van der Waals surface area (Å²) >= 11 is 0. The van der Waals surface area contributed by atoms with E-state index < -0.39 is 0 Å². The van der Waals surface area contributed by atoms with Gasteiger partial charge in [-0.25, -0.2) is 4.98 Å². The molecule has 1 amide bonds. The summed E-state index contributed by atoms with van der Waals surface area (Å²) in [7, 11) is 1.80. The number of pyridine rings is 1. The van der Waals surface area contributed by atoms with E-state index in [4.69, 9.17) is 4.74 Å². The molecule has 0 spiro atoms. The second kappa shape index (κ2) is 6.89. The lowest BCUT2D eigenvalue weighted by Crippen LogP contribution is -2.48. The van der Waals surface area contributed by atoms with Crippen LogP contribution in [0.25, 0.3) is 0 Å². The number of aromatic nitrogens is 1. The highest BCUT2D eigenvalue weighted by molar-refractivity contribution is 5.94. The third kappa shape index (κ3) is 3.73. The molecular formula is C16H25N3O2. The summed E-state index contributed by atoms with van der Waals surface area (Å²) in [6, 6.07) is 3.77. The predicted octanol–water partition coefficient (Wildman–Crippen LogP) is 2.59. The molecule has 2 heterocycles. The molecule has 0 saturated carbocycles. The van der Waals surface area contributed by atoms with E-state index in [0.717, 1.165) is 31.5 Å². The maximum absolute atomic E-state index is 12.3. The summed E-state index contributed by atoms with van der Waals surface area (Å²) in [5.74, 6) is 0.701. The van der Waals surface area contributed by atoms with Gasteiger partial charge in [0.25, 0.3) is 5.91 Å². The zero-order valence-corrected chi connectivity index (χ0v) is 13.1. The fourth-order valence-electron chi connectivity index (χ4n) is 2.84. The van der Waals surface area contributed by atoms with Crippen LogP contribution in [0, 0.1) is 0 Å². The highest BCUT2D eigenvalue weighted by Gasteiger charge is 2.35. The molecule has 1 fully saturated rings. The molecule has 2 N–H and O–H groups in total. The fourth-order valence-corrected chi connectivity index (χ4v) is 2.84. The SMILES string of the molecule is CCC1(CC)CC(NC(=O)c2ccc(NC)nc2)CCO1. The number of carbonyl (C=O) groups excluding carboxylic acids is 1.